The molecule has 0 amide bonds. The van der Waals surface area contributed by atoms with Crippen LogP contribution in [-0.4, -0.2) is 46.8 Å². The first kappa shape index (κ1) is 14.5. The van der Waals surface area contributed by atoms with Crippen LogP contribution in [0.15, 0.2) is 0 Å². The molecular weight excluding hydrogens is 221 g/mol. The van der Waals surface area contributed by atoms with Crippen LogP contribution in [0.5, 0.6) is 0 Å². The highest BCUT2D eigenvalue weighted by Crippen LogP contribution is 2.34. The third-order valence-electron chi connectivity index (χ3n) is 3.69. The summed E-state index contributed by atoms with van der Waals surface area (Å²) in [5.41, 5.74) is -0.965. The second kappa shape index (κ2) is 6.38. The molecule has 0 aliphatic carbocycles. The van der Waals surface area contributed by atoms with Gasteiger partial charge >= 0.3 is 5.97 Å². The molecule has 0 aromatic carbocycles. The van der Waals surface area contributed by atoms with Crippen LogP contribution in [0, 0.1) is 5.92 Å². The lowest BCUT2D eigenvalue weighted by Crippen LogP contribution is -2.52. The van der Waals surface area contributed by atoms with E-state index in [1.807, 2.05) is 0 Å². The van der Waals surface area contributed by atoms with Crippen LogP contribution >= 0.6 is 0 Å². The van der Waals surface area contributed by atoms with Crippen LogP contribution in [0.3, 0.4) is 0 Å². The average Bonchev–Trinajstić information content (AvgIpc) is 2.63. The van der Waals surface area contributed by atoms with E-state index in [1.54, 1.807) is 6.82 Å². The van der Waals surface area contributed by atoms with Crippen LogP contribution in [0.2, 0.25) is 13.1 Å². The highest BCUT2D eigenvalue weighted by Gasteiger charge is 2.48. The fourth-order valence-electron chi connectivity index (χ4n) is 2.74. The van der Waals surface area contributed by atoms with Gasteiger partial charge in [0.25, 0.3) is 6.92 Å². The molecule has 98 valence electrons. The van der Waals surface area contributed by atoms with Gasteiger partial charge < -0.3 is 20.6 Å². The van der Waals surface area contributed by atoms with Gasteiger partial charge in [-0.2, -0.15) is 0 Å². The van der Waals surface area contributed by atoms with E-state index in [1.165, 1.54) is 0 Å². The van der Waals surface area contributed by atoms with Gasteiger partial charge in [-0.15, -0.1) is 0 Å². The zero-order valence-electron chi connectivity index (χ0n) is 10.4. The van der Waals surface area contributed by atoms with E-state index in [0.717, 1.165) is 19.3 Å². The summed E-state index contributed by atoms with van der Waals surface area (Å²) in [5.74, 6) is -0.822. The van der Waals surface area contributed by atoms with Crippen molar-refractivity contribution in [2.24, 2.45) is 5.92 Å². The Morgan fingerprint density at radius 3 is 2.82 bits per heavy atom. The molecule has 0 radical (unpaired) electrons. The zero-order valence-corrected chi connectivity index (χ0v) is 10.4. The topological polar surface area (TPSA) is 89.8 Å². The van der Waals surface area contributed by atoms with Crippen LogP contribution in [0.25, 0.3) is 0 Å². The first-order valence-corrected chi connectivity index (χ1v) is 6.30. The van der Waals surface area contributed by atoms with Crippen molar-refractivity contribution < 1.29 is 20.0 Å². The molecule has 4 N–H and O–H groups in total. The van der Waals surface area contributed by atoms with Crippen molar-refractivity contribution in [3.8, 4) is 0 Å². The summed E-state index contributed by atoms with van der Waals surface area (Å²) < 4.78 is 0. The molecule has 0 aromatic heterocycles. The lowest BCUT2D eigenvalue weighted by atomic mass is 9.66. The van der Waals surface area contributed by atoms with Crippen LogP contribution in [-0.2, 0) is 4.79 Å². The molecule has 17 heavy (non-hydrogen) atoms. The minimum Gasteiger partial charge on any atom is -0.480 e. The molecule has 1 saturated heterocycles. The predicted octanol–water partition coefficient (Wildman–Crippen LogP) is 0.195. The fourth-order valence-corrected chi connectivity index (χ4v) is 2.74. The number of carboxylic acid groups (broad SMARTS) is 1. The van der Waals surface area contributed by atoms with Crippen molar-refractivity contribution in [1.82, 2.24) is 5.32 Å². The summed E-state index contributed by atoms with van der Waals surface area (Å²) in [5, 5.41) is 30.6. The summed E-state index contributed by atoms with van der Waals surface area (Å²) in [7, 11) is 0. The van der Waals surface area contributed by atoms with E-state index in [2.05, 4.69) is 5.32 Å². The number of carbonyl (C=O) groups is 1. The van der Waals surface area contributed by atoms with Gasteiger partial charge in [-0.25, -0.2) is 0 Å². The molecule has 2 unspecified atom stereocenters. The molecular formula is C11H22BNO4. The number of hydrogen-bond acceptors (Lipinski definition) is 4. The Labute approximate surface area is 102 Å². The highest BCUT2D eigenvalue weighted by molar-refractivity contribution is 6.48. The zero-order chi connectivity index (χ0) is 12.9. The van der Waals surface area contributed by atoms with Gasteiger partial charge in [0.05, 0.1) is 0 Å². The number of hydrogen-bond donors (Lipinski definition) is 4. The van der Waals surface area contributed by atoms with Gasteiger partial charge in [-0.05, 0) is 38.0 Å². The maximum Gasteiger partial charge on any atom is 0.324 e. The molecule has 5 nitrogen and oxygen atoms in total. The molecule has 1 heterocycles. The van der Waals surface area contributed by atoms with Crippen molar-refractivity contribution in [3.63, 3.8) is 0 Å². The Hall–Kier alpha value is -0.585. The minimum atomic E-state index is -0.965. The van der Waals surface area contributed by atoms with E-state index >= 15 is 0 Å². The van der Waals surface area contributed by atoms with Crippen LogP contribution in [0.4, 0.5) is 0 Å². The van der Waals surface area contributed by atoms with E-state index < -0.39 is 11.5 Å². The summed E-state index contributed by atoms with van der Waals surface area (Å²) in [6.07, 6.45) is 3.38. The maximum absolute atomic E-state index is 11.4. The van der Waals surface area contributed by atoms with Gasteiger partial charge in [0.2, 0.25) is 0 Å². The van der Waals surface area contributed by atoms with Gasteiger partial charge in [0, 0.05) is 6.61 Å². The minimum absolute atomic E-state index is 0.0471. The van der Waals surface area contributed by atoms with Crippen LogP contribution < -0.4 is 5.32 Å². The summed E-state index contributed by atoms with van der Waals surface area (Å²) in [6, 6.07) is 0. The highest BCUT2D eigenvalue weighted by atomic mass is 16.4. The summed E-state index contributed by atoms with van der Waals surface area (Å²) >= 11 is 0. The van der Waals surface area contributed by atoms with Crippen molar-refractivity contribution in [3.05, 3.63) is 0 Å². The Morgan fingerprint density at radius 2 is 2.29 bits per heavy atom. The molecule has 0 saturated carbocycles. The lowest BCUT2D eigenvalue weighted by Gasteiger charge is -2.31. The SMILES string of the molecule is CB(O)CCCC1CCNC1(CCO)C(=O)O. The molecule has 2 atom stereocenters. The fraction of sp³-hybridized carbons (Fsp3) is 0.909. The molecule has 1 fully saturated rings. The quantitative estimate of drug-likeness (QED) is 0.479. The second-order valence-electron chi connectivity index (χ2n) is 4.94. The number of aliphatic carboxylic acids is 1. The van der Waals surface area contributed by atoms with E-state index in [4.69, 9.17) is 5.11 Å². The van der Waals surface area contributed by atoms with Gasteiger partial charge in [0.1, 0.15) is 5.54 Å². The Morgan fingerprint density at radius 1 is 1.59 bits per heavy atom. The maximum atomic E-state index is 11.4. The average molecular weight is 243 g/mol. The van der Waals surface area contributed by atoms with Crippen molar-refractivity contribution in [2.75, 3.05) is 13.2 Å². The smallest absolute Gasteiger partial charge is 0.324 e. The monoisotopic (exact) mass is 243 g/mol. The van der Waals surface area contributed by atoms with Gasteiger partial charge in [0.15, 0.2) is 0 Å². The Kier molecular flexibility index (Phi) is 5.43. The van der Waals surface area contributed by atoms with Crippen molar-refractivity contribution >= 4 is 12.9 Å². The summed E-state index contributed by atoms with van der Waals surface area (Å²) in [4.78, 5) is 11.4. The Balaban J connectivity index is 2.59. The molecule has 0 aromatic rings. The molecule has 6 heteroatoms. The third-order valence-corrected chi connectivity index (χ3v) is 3.69. The number of carboxylic acids is 1. The lowest BCUT2D eigenvalue weighted by molar-refractivity contribution is -0.147. The predicted molar refractivity (Wildman–Crippen MR) is 66.1 cm³/mol. The molecule has 0 bridgehead atoms. The van der Waals surface area contributed by atoms with Gasteiger partial charge in [-0.1, -0.05) is 13.2 Å². The van der Waals surface area contributed by atoms with Crippen LogP contribution in [0.1, 0.15) is 25.7 Å². The molecule has 1 aliphatic rings. The van der Waals surface area contributed by atoms with Crippen molar-refractivity contribution in [2.45, 2.75) is 44.4 Å². The number of aliphatic hydroxyl groups is 1. The number of nitrogens with one attached hydrogen (secondary N) is 1. The number of rotatable bonds is 7. The Bertz CT molecular complexity index is 262. The van der Waals surface area contributed by atoms with E-state index in [-0.39, 0.29) is 25.9 Å². The van der Waals surface area contributed by atoms with Gasteiger partial charge in [-0.3, -0.25) is 4.79 Å². The second-order valence-corrected chi connectivity index (χ2v) is 4.94. The normalized spacial score (nSPS) is 28.3. The number of aliphatic hydroxyl groups excluding tert-OH is 1. The standard InChI is InChI=1S/C11H22BNO4/c1-12(17)6-2-3-9-4-7-13-11(9,5-8-14)10(15)16/h9,13-14,17H,2-8H2,1H3,(H,15,16). The first-order chi connectivity index (χ1) is 8.03. The largest absolute Gasteiger partial charge is 0.480 e. The first-order valence-electron chi connectivity index (χ1n) is 6.30. The van der Waals surface area contributed by atoms with E-state index in [9.17, 15) is 14.9 Å². The molecule has 0 spiro atoms. The molecule has 1 aliphatic heterocycles. The molecule has 1 rings (SSSR count). The third kappa shape index (κ3) is 3.44. The summed E-state index contributed by atoms with van der Waals surface area (Å²) in [6.45, 7) is 1.98. The van der Waals surface area contributed by atoms with E-state index in [0.29, 0.717) is 12.9 Å². The van der Waals surface area contributed by atoms with Crippen molar-refractivity contribution in [1.29, 1.82) is 0 Å².